The summed E-state index contributed by atoms with van der Waals surface area (Å²) in [7, 11) is 0. The maximum atomic E-state index is 5.79. The average Bonchev–Trinajstić information content (AvgIpc) is 3.03. The standard InChI is InChI=1S/C18H20O/c1-3-7-16-15-9-6-5-8-14(15)12-17(16)18-13(4-2)10-11-19-18/h5-6,8-11H,3-4,7,12H2,1-2H3. The van der Waals surface area contributed by atoms with E-state index in [9.17, 15) is 0 Å². The molecule has 0 saturated heterocycles. The molecule has 1 aromatic heterocycles. The molecule has 0 saturated carbocycles. The SMILES string of the molecule is CCCC1=C(c2occc2CC)Cc2ccccc21. The zero-order valence-electron chi connectivity index (χ0n) is 11.7. The molecule has 3 rings (SSSR count). The second kappa shape index (κ2) is 5.08. The lowest BCUT2D eigenvalue weighted by atomic mass is 9.98. The number of hydrogen-bond donors (Lipinski definition) is 0. The molecule has 0 unspecified atom stereocenters. The summed E-state index contributed by atoms with van der Waals surface area (Å²) < 4.78 is 5.79. The van der Waals surface area contributed by atoms with Crippen LogP contribution in [0, 0.1) is 0 Å². The zero-order chi connectivity index (χ0) is 13.2. The number of fused-ring (bicyclic) bond motifs is 1. The first-order valence-electron chi connectivity index (χ1n) is 7.22. The van der Waals surface area contributed by atoms with Crippen molar-refractivity contribution < 1.29 is 4.42 Å². The molecule has 0 amide bonds. The summed E-state index contributed by atoms with van der Waals surface area (Å²) in [5.74, 6) is 1.11. The van der Waals surface area contributed by atoms with E-state index in [-0.39, 0.29) is 0 Å². The second-order valence-electron chi connectivity index (χ2n) is 5.17. The predicted molar refractivity (Wildman–Crippen MR) is 80.0 cm³/mol. The minimum atomic E-state index is 1.02. The largest absolute Gasteiger partial charge is 0.464 e. The molecule has 1 aliphatic carbocycles. The fraction of sp³-hybridized carbons (Fsp3) is 0.333. The average molecular weight is 252 g/mol. The number of allylic oxidation sites excluding steroid dienone is 2. The first-order valence-corrected chi connectivity index (χ1v) is 7.22. The van der Waals surface area contributed by atoms with E-state index in [4.69, 9.17) is 4.42 Å². The fourth-order valence-electron chi connectivity index (χ4n) is 3.06. The Hall–Kier alpha value is -1.76. The van der Waals surface area contributed by atoms with Gasteiger partial charge in [0.05, 0.1) is 6.26 Å². The molecule has 0 radical (unpaired) electrons. The predicted octanol–water partition coefficient (Wildman–Crippen LogP) is 5.11. The van der Waals surface area contributed by atoms with Crippen LogP contribution < -0.4 is 0 Å². The van der Waals surface area contributed by atoms with Crippen LogP contribution in [0.3, 0.4) is 0 Å². The van der Waals surface area contributed by atoms with Gasteiger partial charge in [-0.15, -0.1) is 0 Å². The summed E-state index contributed by atoms with van der Waals surface area (Å²) >= 11 is 0. The minimum absolute atomic E-state index is 1.02. The van der Waals surface area contributed by atoms with Crippen molar-refractivity contribution in [3.8, 4) is 0 Å². The Morgan fingerprint density at radius 1 is 1.11 bits per heavy atom. The van der Waals surface area contributed by atoms with Crippen LogP contribution >= 0.6 is 0 Å². The van der Waals surface area contributed by atoms with E-state index < -0.39 is 0 Å². The molecule has 98 valence electrons. The first kappa shape index (κ1) is 12.3. The van der Waals surface area contributed by atoms with Gasteiger partial charge in [-0.1, -0.05) is 44.5 Å². The third-order valence-corrected chi connectivity index (χ3v) is 3.98. The van der Waals surface area contributed by atoms with Gasteiger partial charge in [-0.3, -0.25) is 0 Å². The number of aryl methyl sites for hydroxylation is 1. The highest BCUT2D eigenvalue weighted by atomic mass is 16.3. The van der Waals surface area contributed by atoms with Crippen molar-refractivity contribution in [1.82, 2.24) is 0 Å². The molecule has 0 fully saturated rings. The molecule has 1 heteroatoms. The molecule has 0 aliphatic heterocycles. The summed E-state index contributed by atoms with van der Waals surface area (Å²) in [4.78, 5) is 0. The van der Waals surface area contributed by atoms with E-state index in [1.54, 1.807) is 0 Å². The third kappa shape index (κ3) is 2.03. The van der Waals surface area contributed by atoms with E-state index in [1.807, 2.05) is 6.26 Å². The van der Waals surface area contributed by atoms with Crippen molar-refractivity contribution in [1.29, 1.82) is 0 Å². The minimum Gasteiger partial charge on any atom is -0.464 e. The molecular weight excluding hydrogens is 232 g/mol. The van der Waals surface area contributed by atoms with Crippen molar-refractivity contribution in [3.63, 3.8) is 0 Å². The van der Waals surface area contributed by atoms with Gasteiger partial charge in [0, 0.05) is 12.0 Å². The van der Waals surface area contributed by atoms with E-state index in [1.165, 1.54) is 34.3 Å². The topological polar surface area (TPSA) is 13.1 Å². The zero-order valence-corrected chi connectivity index (χ0v) is 11.7. The first-order chi connectivity index (χ1) is 9.35. The molecule has 1 heterocycles. The van der Waals surface area contributed by atoms with Gasteiger partial charge >= 0.3 is 0 Å². The Balaban J connectivity index is 2.12. The Kier molecular flexibility index (Phi) is 3.29. The fourth-order valence-corrected chi connectivity index (χ4v) is 3.06. The monoisotopic (exact) mass is 252 g/mol. The number of rotatable bonds is 4. The Morgan fingerprint density at radius 3 is 2.74 bits per heavy atom. The lowest BCUT2D eigenvalue weighted by molar-refractivity contribution is 0.548. The van der Waals surface area contributed by atoms with Crippen molar-refractivity contribution in [2.24, 2.45) is 0 Å². The normalized spacial score (nSPS) is 14.0. The summed E-state index contributed by atoms with van der Waals surface area (Å²) in [6.45, 7) is 4.44. The van der Waals surface area contributed by atoms with Crippen molar-refractivity contribution in [3.05, 3.63) is 59.0 Å². The van der Waals surface area contributed by atoms with Gasteiger partial charge in [0.1, 0.15) is 5.76 Å². The Morgan fingerprint density at radius 2 is 1.95 bits per heavy atom. The van der Waals surface area contributed by atoms with Gasteiger partial charge in [-0.2, -0.15) is 0 Å². The molecule has 2 aromatic rings. The molecule has 0 N–H and O–H groups in total. The van der Waals surface area contributed by atoms with Crippen LogP contribution in [0.1, 0.15) is 49.1 Å². The van der Waals surface area contributed by atoms with Crippen LogP contribution in [-0.2, 0) is 12.8 Å². The molecule has 19 heavy (non-hydrogen) atoms. The van der Waals surface area contributed by atoms with Gasteiger partial charge in [0.15, 0.2) is 0 Å². The highest BCUT2D eigenvalue weighted by Crippen LogP contribution is 2.41. The summed E-state index contributed by atoms with van der Waals surface area (Å²) in [5.41, 5.74) is 7.10. The van der Waals surface area contributed by atoms with Crippen molar-refractivity contribution >= 4 is 11.1 Å². The van der Waals surface area contributed by atoms with Crippen molar-refractivity contribution in [2.75, 3.05) is 0 Å². The lowest BCUT2D eigenvalue weighted by Gasteiger charge is -2.07. The van der Waals surface area contributed by atoms with E-state index >= 15 is 0 Å². The molecular formula is C18H20O. The molecule has 0 spiro atoms. The molecule has 1 nitrogen and oxygen atoms in total. The third-order valence-electron chi connectivity index (χ3n) is 3.98. The van der Waals surface area contributed by atoms with Gasteiger partial charge < -0.3 is 4.42 Å². The van der Waals surface area contributed by atoms with E-state index in [0.717, 1.165) is 25.0 Å². The quantitative estimate of drug-likeness (QED) is 0.737. The summed E-state index contributed by atoms with van der Waals surface area (Å²) in [6, 6.07) is 10.9. The maximum Gasteiger partial charge on any atom is 0.133 e. The van der Waals surface area contributed by atoms with Gasteiger partial charge in [-0.05, 0) is 41.2 Å². The van der Waals surface area contributed by atoms with Crippen LogP contribution in [0.15, 0.2) is 41.0 Å². The highest BCUT2D eigenvalue weighted by Gasteiger charge is 2.24. The van der Waals surface area contributed by atoms with Gasteiger partial charge in [-0.25, -0.2) is 0 Å². The smallest absolute Gasteiger partial charge is 0.133 e. The molecule has 1 aliphatic rings. The van der Waals surface area contributed by atoms with Crippen LogP contribution in [0.5, 0.6) is 0 Å². The highest BCUT2D eigenvalue weighted by molar-refractivity contribution is 5.96. The molecule has 1 aromatic carbocycles. The van der Waals surface area contributed by atoms with Gasteiger partial charge in [0.25, 0.3) is 0 Å². The summed E-state index contributed by atoms with van der Waals surface area (Å²) in [6.07, 6.45) is 6.19. The van der Waals surface area contributed by atoms with E-state index in [0.29, 0.717) is 0 Å². The Labute approximate surface area is 115 Å². The van der Waals surface area contributed by atoms with Crippen LogP contribution in [-0.4, -0.2) is 0 Å². The van der Waals surface area contributed by atoms with Crippen LogP contribution in [0.25, 0.3) is 11.1 Å². The van der Waals surface area contributed by atoms with Crippen molar-refractivity contribution in [2.45, 2.75) is 39.5 Å². The van der Waals surface area contributed by atoms with Gasteiger partial charge in [0.2, 0.25) is 0 Å². The maximum absolute atomic E-state index is 5.79. The summed E-state index contributed by atoms with van der Waals surface area (Å²) in [5, 5.41) is 0. The number of furan rings is 1. The second-order valence-corrected chi connectivity index (χ2v) is 5.17. The van der Waals surface area contributed by atoms with Crippen LogP contribution in [0.2, 0.25) is 0 Å². The molecule has 0 atom stereocenters. The van der Waals surface area contributed by atoms with E-state index in [2.05, 4.69) is 44.2 Å². The molecule has 0 bridgehead atoms. The number of benzene rings is 1. The number of hydrogen-bond acceptors (Lipinski definition) is 1. The lowest BCUT2D eigenvalue weighted by Crippen LogP contribution is -1.89. The van der Waals surface area contributed by atoms with Crippen LogP contribution in [0.4, 0.5) is 0 Å². The Bertz CT molecular complexity index is 616.